The molecule has 1 N–H and O–H groups in total. The third-order valence-corrected chi connectivity index (χ3v) is 6.85. The zero-order valence-corrected chi connectivity index (χ0v) is 13.6. The molecule has 1 aliphatic carbocycles. The highest BCUT2D eigenvalue weighted by atomic mass is 79.9. The summed E-state index contributed by atoms with van der Waals surface area (Å²) in [5, 5.41) is 3.60. The van der Waals surface area contributed by atoms with Gasteiger partial charge in [0.05, 0.1) is 3.79 Å². The maximum Gasteiger partial charge on any atom is 0.0843 e. The lowest BCUT2D eigenvalue weighted by Crippen LogP contribution is -2.26. The monoisotopic (exact) mass is 365 g/mol. The second-order valence-corrected chi connectivity index (χ2v) is 8.26. The zero-order chi connectivity index (χ0) is 11.8. The maximum atomic E-state index is 3.60. The lowest BCUT2D eigenvalue weighted by Gasteiger charge is -2.19. The standard InChI is InChI=1S/C12H17Br2NS/c1-8(2)12(3-4-12)7-15-6-9-5-10(13)11(14)16-9/h5,8,15H,3-4,6-7H2,1-2H3. The summed E-state index contributed by atoms with van der Waals surface area (Å²) in [7, 11) is 0. The molecule has 1 aromatic rings. The van der Waals surface area contributed by atoms with Gasteiger partial charge in [0, 0.05) is 22.4 Å². The summed E-state index contributed by atoms with van der Waals surface area (Å²) in [6.45, 7) is 6.83. The van der Waals surface area contributed by atoms with E-state index in [9.17, 15) is 0 Å². The lowest BCUT2D eigenvalue weighted by molar-refractivity contribution is 0.338. The molecule has 0 radical (unpaired) electrons. The van der Waals surface area contributed by atoms with Gasteiger partial charge in [0.1, 0.15) is 0 Å². The van der Waals surface area contributed by atoms with Gasteiger partial charge in [-0.1, -0.05) is 13.8 Å². The Labute approximate surface area is 118 Å². The molecule has 1 fully saturated rings. The van der Waals surface area contributed by atoms with E-state index in [-0.39, 0.29) is 0 Å². The van der Waals surface area contributed by atoms with Gasteiger partial charge in [-0.3, -0.25) is 0 Å². The van der Waals surface area contributed by atoms with Crippen LogP contribution in [0.3, 0.4) is 0 Å². The maximum absolute atomic E-state index is 3.60. The Morgan fingerprint density at radius 3 is 2.56 bits per heavy atom. The Morgan fingerprint density at radius 2 is 2.12 bits per heavy atom. The minimum absolute atomic E-state index is 0.603. The zero-order valence-electron chi connectivity index (χ0n) is 9.65. The molecule has 0 spiro atoms. The van der Waals surface area contributed by atoms with Crippen molar-refractivity contribution in [2.24, 2.45) is 11.3 Å². The number of thiophene rings is 1. The fraction of sp³-hybridized carbons (Fsp3) is 0.667. The molecule has 0 amide bonds. The summed E-state index contributed by atoms with van der Waals surface area (Å²) in [6, 6.07) is 2.19. The van der Waals surface area contributed by atoms with Crippen molar-refractivity contribution in [3.05, 3.63) is 19.2 Å². The van der Waals surface area contributed by atoms with E-state index in [1.807, 2.05) is 0 Å². The first-order valence-electron chi connectivity index (χ1n) is 5.68. The van der Waals surface area contributed by atoms with Crippen molar-refractivity contribution in [3.8, 4) is 0 Å². The first-order valence-corrected chi connectivity index (χ1v) is 8.08. The van der Waals surface area contributed by atoms with Gasteiger partial charge in [-0.05, 0) is 62.1 Å². The van der Waals surface area contributed by atoms with E-state index >= 15 is 0 Å². The molecule has 1 heterocycles. The molecule has 0 bridgehead atoms. The number of hydrogen-bond donors (Lipinski definition) is 1. The molecule has 0 aliphatic heterocycles. The molecule has 2 rings (SSSR count). The van der Waals surface area contributed by atoms with Crippen LogP contribution in [-0.2, 0) is 6.54 Å². The van der Waals surface area contributed by atoms with Crippen molar-refractivity contribution in [2.45, 2.75) is 33.2 Å². The molecule has 16 heavy (non-hydrogen) atoms. The molecule has 90 valence electrons. The molecule has 4 heteroatoms. The predicted octanol–water partition coefficient (Wildman–Crippen LogP) is 4.80. The summed E-state index contributed by atoms with van der Waals surface area (Å²) in [6.07, 6.45) is 2.80. The van der Waals surface area contributed by atoms with E-state index in [1.165, 1.54) is 26.0 Å². The number of hydrogen-bond acceptors (Lipinski definition) is 2. The van der Waals surface area contributed by atoms with Crippen molar-refractivity contribution in [3.63, 3.8) is 0 Å². The smallest absolute Gasteiger partial charge is 0.0843 e. The van der Waals surface area contributed by atoms with Crippen LogP contribution in [0.4, 0.5) is 0 Å². The van der Waals surface area contributed by atoms with Gasteiger partial charge in [0.25, 0.3) is 0 Å². The van der Waals surface area contributed by atoms with Crippen LogP contribution in [0.15, 0.2) is 14.3 Å². The highest BCUT2D eigenvalue weighted by molar-refractivity contribution is 9.13. The predicted molar refractivity (Wildman–Crippen MR) is 77.9 cm³/mol. The van der Waals surface area contributed by atoms with Gasteiger partial charge in [0.2, 0.25) is 0 Å². The normalized spacial score (nSPS) is 18.1. The SMILES string of the molecule is CC(C)C1(CNCc2cc(Br)c(Br)s2)CC1. The minimum Gasteiger partial charge on any atom is -0.311 e. The molecule has 1 aromatic heterocycles. The Balaban J connectivity index is 1.80. The first kappa shape index (κ1) is 13.1. The van der Waals surface area contributed by atoms with E-state index in [1.54, 1.807) is 11.3 Å². The van der Waals surface area contributed by atoms with Crippen molar-refractivity contribution in [1.29, 1.82) is 0 Å². The van der Waals surface area contributed by atoms with Crippen molar-refractivity contribution >= 4 is 43.2 Å². The van der Waals surface area contributed by atoms with Crippen LogP contribution in [0.25, 0.3) is 0 Å². The molecule has 0 saturated heterocycles. The van der Waals surface area contributed by atoms with Crippen molar-refractivity contribution in [1.82, 2.24) is 5.32 Å². The van der Waals surface area contributed by atoms with Crippen molar-refractivity contribution < 1.29 is 0 Å². The molecule has 1 saturated carbocycles. The number of rotatable bonds is 5. The van der Waals surface area contributed by atoms with Crippen LogP contribution in [0.5, 0.6) is 0 Å². The van der Waals surface area contributed by atoms with Gasteiger partial charge in [0.15, 0.2) is 0 Å². The Kier molecular flexibility index (Phi) is 4.15. The van der Waals surface area contributed by atoms with E-state index < -0.39 is 0 Å². The fourth-order valence-electron chi connectivity index (χ4n) is 2.03. The quantitative estimate of drug-likeness (QED) is 0.789. The van der Waals surface area contributed by atoms with Crippen LogP contribution < -0.4 is 5.32 Å². The van der Waals surface area contributed by atoms with Crippen LogP contribution >= 0.6 is 43.2 Å². The van der Waals surface area contributed by atoms with Gasteiger partial charge < -0.3 is 5.32 Å². The number of nitrogens with one attached hydrogen (secondary N) is 1. The van der Waals surface area contributed by atoms with Gasteiger partial charge in [-0.25, -0.2) is 0 Å². The Bertz CT molecular complexity index is 350. The third kappa shape index (κ3) is 2.89. The van der Waals surface area contributed by atoms with E-state index in [4.69, 9.17) is 0 Å². The van der Waals surface area contributed by atoms with E-state index in [0.29, 0.717) is 5.41 Å². The van der Waals surface area contributed by atoms with E-state index in [0.717, 1.165) is 19.0 Å². The summed E-state index contributed by atoms with van der Waals surface area (Å²) >= 11 is 8.85. The number of halogens is 2. The lowest BCUT2D eigenvalue weighted by atomic mass is 9.92. The Morgan fingerprint density at radius 1 is 1.44 bits per heavy atom. The van der Waals surface area contributed by atoms with Crippen LogP contribution in [-0.4, -0.2) is 6.54 Å². The second-order valence-electron chi connectivity index (χ2n) is 4.95. The fourth-order valence-corrected chi connectivity index (χ4v) is 4.18. The molecular formula is C12H17Br2NS. The van der Waals surface area contributed by atoms with Gasteiger partial charge in [-0.15, -0.1) is 11.3 Å². The Hall–Kier alpha value is 0.620. The second kappa shape index (κ2) is 5.09. The summed E-state index contributed by atoms with van der Waals surface area (Å²) in [4.78, 5) is 1.39. The molecular weight excluding hydrogens is 350 g/mol. The van der Waals surface area contributed by atoms with Crippen molar-refractivity contribution in [2.75, 3.05) is 6.54 Å². The average Bonchev–Trinajstić information content (AvgIpc) is 2.92. The average molecular weight is 367 g/mol. The molecule has 0 atom stereocenters. The first-order chi connectivity index (χ1) is 7.53. The van der Waals surface area contributed by atoms with Gasteiger partial charge in [-0.2, -0.15) is 0 Å². The summed E-state index contributed by atoms with van der Waals surface area (Å²) in [5.74, 6) is 0.807. The van der Waals surface area contributed by atoms with E-state index in [2.05, 4.69) is 57.1 Å². The molecule has 1 nitrogen and oxygen atoms in total. The summed E-state index contributed by atoms with van der Waals surface area (Å²) < 4.78 is 2.36. The largest absolute Gasteiger partial charge is 0.311 e. The van der Waals surface area contributed by atoms with Crippen LogP contribution in [0.2, 0.25) is 0 Å². The molecule has 1 aliphatic rings. The van der Waals surface area contributed by atoms with Gasteiger partial charge >= 0.3 is 0 Å². The highest BCUT2D eigenvalue weighted by Gasteiger charge is 2.44. The summed E-state index contributed by atoms with van der Waals surface area (Å²) in [5.41, 5.74) is 0.603. The van der Waals surface area contributed by atoms with Crippen LogP contribution in [0.1, 0.15) is 31.6 Å². The van der Waals surface area contributed by atoms with Crippen LogP contribution in [0, 0.1) is 11.3 Å². The highest BCUT2D eigenvalue weighted by Crippen LogP contribution is 2.51. The molecule has 0 unspecified atom stereocenters. The third-order valence-electron chi connectivity index (χ3n) is 3.59. The topological polar surface area (TPSA) is 12.0 Å². The minimum atomic E-state index is 0.603. The molecule has 0 aromatic carbocycles.